The Kier molecular flexibility index (Phi) is 3.44. The van der Waals surface area contributed by atoms with Crippen LogP contribution in [0.2, 0.25) is 0 Å². The summed E-state index contributed by atoms with van der Waals surface area (Å²) in [5, 5.41) is 3.28. The first-order valence-corrected chi connectivity index (χ1v) is 5.75. The smallest absolute Gasteiger partial charge is 0.165 e. The van der Waals surface area contributed by atoms with Crippen LogP contribution in [0.1, 0.15) is 30.9 Å². The molecule has 0 aliphatic heterocycles. The maximum atomic E-state index is 13.3. The third-order valence-electron chi connectivity index (χ3n) is 3.19. The van der Waals surface area contributed by atoms with Gasteiger partial charge >= 0.3 is 0 Å². The van der Waals surface area contributed by atoms with Crippen LogP contribution in [-0.4, -0.2) is 14.2 Å². The Morgan fingerprint density at radius 2 is 2.25 bits per heavy atom. The lowest BCUT2D eigenvalue weighted by molar-refractivity contribution is 0.384. The number of hydrogen-bond donors (Lipinski definition) is 1. The molecule has 0 heterocycles. The van der Waals surface area contributed by atoms with Crippen LogP contribution in [0.15, 0.2) is 18.2 Å². The summed E-state index contributed by atoms with van der Waals surface area (Å²) in [6.07, 6.45) is 3.79. The van der Waals surface area contributed by atoms with E-state index in [2.05, 4.69) is 5.32 Å². The number of nitrogens with one attached hydrogen (secondary N) is 1. The van der Waals surface area contributed by atoms with Gasteiger partial charge in [0.25, 0.3) is 0 Å². The molecule has 1 aliphatic rings. The normalized spacial score (nSPS) is 17.2. The van der Waals surface area contributed by atoms with Gasteiger partial charge in [-0.15, -0.1) is 0 Å². The Morgan fingerprint density at radius 1 is 1.50 bits per heavy atom. The number of halogens is 1. The Balaban J connectivity index is 2.16. The van der Waals surface area contributed by atoms with Crippen molar-refractivity contribution >= 4 is 0 Å². The van der Waals surface area contributed by atoms with Gasteiger partial charge in [-0.1, -0.05) is 18.9 Å². The SMILES string of the molecule is CNC(CC1CC1)c1ccc(F)c(OC)c1. The maximum absolute atomic E-state index is 13.3. The average molecular weight is 223 g/mol. The number of rotatable bonds is 5. The molecule has 1 aromatic carbocycles. The fraction of sp³-hybridized carbons (Fsp3) is 0.538. The van der Waals surface area contributed by atoms with Crippen LogP contribution in [0.4, 0.5) is 4.39 Å². The molecular formula is C13H18FNO. The van der Waals surface area contributed by atoms with Crippen LogP contribution < -0.4 is 10.1 Å². The number of benzene rings is 1. The highest BCUT2D eigenvalue weighted by Gasteiger charge is 2.25. The highest BCUT2D eigenvalue weighted by molar-refractivity contribution is 5.32. The Morgan fingerprint density at radius 3 is 2.81 bits per heavy atom. The van der Waals surface area contributed by atoms with Gasteiger partial charge in [-0.2, -0.15) is 0 Å². The average Bonchev–Trinajstić information content (AvgIpc) is 3.11. The molecule has 1 fully saturated rings. The number of methoxy groups -OCH3 is 1. The molecule has 0 bridgehead atoms. The summed E-state index contributed by atoms with van der Waals surface area (Å²) in [5.41, 5.74) is 1.10. The zero-order valence-corrected chi connectivity index (χ0v) is 9.79. The summed E-state index contributed by atoms with van der Waals surface area (Å²) in [4.78, 5) is 0. The van der Waals surface area contributed by atoms with E-state index in [-0.39, 0.29) is 5.82 Å². The first kappa shape index (κ1) is 11.4. The Hall–Kier alpha value is -1.09. The molecule has 1 aliphatic carbocycles. The van der Waals surface area contributed by atoms with Gasteiger partial charge in [-0.25, -0.2) is 4.39 Å². The molecular weight excluding hydrogens is 205 g/mol. The molecule has 3 heteroatoms. The quantitative estimate of drug-likeness (QED) is 0.828. The van der Waals surface area contributed by atoms with Crippen molar-refractivity contribution in [1.29, 1.82) is 0 Å². The van der Waals surface area contributed by atoms with Crippen molar-refractivity contribution in [3.8, 4) is 5.75 Å². The van der Waals surface area contributed by atoms with Crippen LogP contribution >= 0.6 is 0 Å². The van der Waals surface area contributed by atoms with Crippen molar-refractivity contribution in [1.82, 2.24) is 5.32 Å². The summed E-state index contributed by atoms with van der Waals surface area (Å²) in [5.74, 6) is 0.870. The van der Waals surface area contributed by atoms with E-state index in [0.717, 1.165) is 17.9 Å². The van der Waals surface area contributed by atoms with E-state index in [1.807, 2.05) is 13.1 Å². The van der Waals surface area contributed by atoms with E-state index >= 15 is 0 Å². The van der Waals surface area contributed by atoms with Crippen LogP contribution in [0, 0.1) is 11.7 Å². The van der Waals surface area contributed by atoms with E-state index in [4.69, 9.17) is 4.74 Å². The van der Waals surface area contributed by atoms with E-state index in [1.54, 1.807) is 6.07 Å². The predicted octanol–water partition coefficient (Wildman–Crippen LogP) is 2.89. The summed E-state index contributed by atoms with van der Waals surface area (Å²) in [7, 11) is 3.44. The van der Waals surface area contributed by atoms with Gasteiger partial charge in [0.1, 0.15) is 0 Å². The van der Waals surface area contributed by atoms with E-state index in [1.165, 1.54) is 26.0 Å². The van der Waals surface area contributed by atoms with E-state index in [0.29, 0.717) is 11.8 Å². The minimum atomic E-state index is -0.299. The summed E-state index contributed by atoms with van der Waals surface area (Å²) in [6.45, 7) is 0. The first-order valence-electron chi connectivity index (χ1n) is 5.75. The number of hydrogen-bond acceptors (Lipinski definition) is 2. The molecule has 88 valence electrons. The molecule has 2 nitrogen and oxygen atoms in total. The predicted molar refractivity (Wildman–Crippen MR) is 62.1 cm³/mol. The summed E-state index contributed by atoms with van der Waals surface area (Å²) < 4.78 is 18.3. The van der Waals surface area contributed by atoms with Gasteiger partial charge < -0.3 is 10.1 Å². The van der Waals surface area contributed by atoms with Gasteiger partial charge in [-0.3, -0.25) is 0 Å². The van der Waals surface area contributed by atoms with Crippen LogP contribution in [-0.2, 0) is 0 Å². The van der Waals surface area contributed by atoms with Crippen LogP contribution in [0.5, 0.6) is 5.75 Å². The lowest BCUT2D eigenvalue weighted by Crippen LogP contribution is -2.17. The van der Waals surface area contributed by atoms with Crippen molar-refractivity contribution in [2.75, 3.05) is 14.2 Å². The largest absolute Gasteiger partial charge is 0.494 e. The fourth-order valence-electron chi connectivity index (χ4n) is 2.00. The third-order valence-corrected chi connectivity index (χ3v) is 3.19. The molecule has 1 atom stereocenters. The summed E-state index contributed by atoms with van der Waals surface area (Å²) >= 11 is 0. The Bertz CT molecular complexity index is 363. The lowest BCUT2D eigenvalue weighted by atomic mass is 10.0. The maximum Gasteiger partial charge on any atom is 0.165 e. The zero-order chi connectivity index (χ0) is 11.5. The molecule has 2 rings (SSSR count). The topological polar surface area (TPSA) is 21.3 Å². The van der Waals surface area contributed by atoms with Crippen LogP contribution in [0.25, 0.3) is 0 Å². The molecule has 0 saturated heterocycles. The van der Waals surface area contributed by atoms with Crippen molar-refractivity contribution in [2.24, 2.45) is 5.92 Å². The van der Waals surface area contributed by atoms with Crippen molar-refractivity contribution in [3.05, 3.63) is 29.6 Å². The lowest BCUT2D eigenvalue weighted by Gasteiger charge is -2.17. The van der Waals surface area contributed by atoms with E-state index < -0.39 is 0 Å². The molecule has 0 amide bonds. The molecule has 0 radical (unpaired) electrons. The molecule has 16 heavy (non-hydrogen) atoms. The second kappa shape index (κ2) is 4.83. The van der Waals surface area contributed by atoms with Gasteiger partial charge in [-0.05, 0) is 37.1 Å². The fourth-order valence-corrected chi connectivity index (χ4v) is 2.00. The minimum absolute atomic E-state index is 0.299. The molecule has 1 aromatic rings. The monoisotopic (exact) mass is 223 g/mol. The number of ether oxygens (including phenoxy) is 1. The van der Waals surface area contributed by atoms with Crippen LogP contribution in [0.3, 0.4) is 0 Å². The zero-order valence-electron chi connectivity index (χ0n) is 9.79. The molecule has 1 saturated carbocycles. The van der Waals surface area contributed by atoms with Gasteiger partial charge in [0.05, 0.1) is 7.11 Å². The van der Waals surface area contributed by atoms with Gasteiger partial charge in [0.2, 0.25) is 0 Å². The van der Waals surface area contributed by atoms with E-state index in [9.17, 15) is 4.39 Å². The highest BCUT2D eigenvalue weighted by Crippen LogP contribution is 2.38. The molecule has 1 unspecified atom stereocenters. The Labute approximate surface area is 95.8 Å². The second-order valence-electron chi connectivity index (χ2n) is 4.41. The summed E-state index contributed by atoms with van der Waals surface area (Å²) in [6, 6.07) is 5.41. The minimum Gasteiger partial charge on any atom is -0.494 e. The van der Waals surface area contributed by atoms with Gasteiger partial charge in [0.15, 0.2) is 11.6 Å². The van der Waals surface area contributed by atoms with Gasteiger partial charge in [0, 0.05) is 6.04 Å². The van der Waals surface area contributed by atoms with Crippen molar-refractivity contribution in [2.45, 2.75) is 25.3 Å². The van der Waals surface area contributed by atoms with Crippen molar-refractivity contribution in [3.63, 3.8) is 0 Å². The second-order valence-corrected chi connectivity index (χ2v) is 4.41. The first-order chi connectivity index (χ1) is 7.74. The van der Waals surface area contributed by atoms with Crippen molar-refractivity contribution < 1.29 is 9.13 Å². The standard InChI is InChI=1S/C13H18FNO/c1-15-12(7-9-3-4-9)10-5-6-11(14)13(8-10)16-2/h5-6,8-9,12,15H,3-4,7H2,1-2H3. The third kappa shape index (κ3) is 2.53. The molecule has 0 spiro atoms. The molecule has 0 aromatic heterocycles. The molecule has 1 N–H and O–H groups in total. The highest BCUT2D eigenvalue weighted by atomic mass is 19.1.